The highest BCUT2D eigenvalue weighted by atomic mass is 16.5. The number of hydrogen-bond donors (Lipinski definition) is 0. The molecule has 2 rings (SSSR count). The molecule has 0 bridgehead atoms. The summed E-state index contributed by atoms with van der Waals surface area (Å²) >= 11 is 0. The van der Waals surface area contributed by atoms with Gasteiger partial charge in [-0.05, 0) is 12.0 Å². The third kappa shape index (κ3) is 1.95. The SMILES string of the molecule is [N-]=[N+]=C1C(=O)OCC1Cc1ccccc1. The maximum Gasteiger partial charge on any atom is 0.417 e. The molecule has 1 atom stereocenters. The highest BCUT2D eigenvalue weighted by Gasteiger charge is 2.40. The maximum atomic E-state index is 11.1. The molecule has 1 saturated heterocycles. The summed E-state index contributed by atoms with van der Waals surface area (Å²) < 4.78 is 4.81. The van der Waals surface area contributed by atoms with Crippen molar-refractivity contribution in [1.82, 2.24) is 0 Å². The molecule has 15 heavy (non-hydrogen) atoms. The second-order valence-corrected chi connectivity index (χ2v) is 3.47. The van der Waals surface area contributed by atoms with Crippen LogP contribution in [0.15, 0.2) is 30.3 Å². The number of rotatable bonds is 2. The van der Waals surface area contributed by atoms with Gasteiger partial charge in [0.2, 0.25) is 0 Å². The number of nitrogens with zero attached hydrogens (tertiary/aromatic N) is 2. The first-order valence-corrected chi connectivity index (χ1v) is 4.74. The fourth-order valence-electron chi connectivity index (χ4n) is 1.67. The third-order valence-electron chi connectivity index (χ3n) is 2.44. The minimum atomic E-state index is -0.515. The molecule has 0 radical (unpaired) electrons. The van der Waals surface area contributed by atoms with Crippen LogP contribution < -0.4 is 0 Å². The number of benzene rings is 1. The van der Waals surface area contributed by atoms with Crippen molar-refractivity contribution in [2.45, 2.75) is 6.42 Å². The summed E-state index contributed by atoms with van der Waals surface area (Å²) in [6.07, 6.45) is 0.659. The molecule has 1 fully saturated rings. The topological polar surface area (TPSA) is 62.7 Å². The van der Waals surface area contributed by atoms with E-state index in [1.807, 2.05) is 30.3 Å². The van der Waals surface area contributed by atoms with Crippen LogP contribution in [0, 0.1) is 5.92 Å². The van der Waals surface area contributed by atoms with Crippen molar-refractivity contribution in [3.8, 4) is 0 Å². The van der Waals surface area contributed by atoms with Crippen molar-refractivity contribution in [1.29, 1.82) is 0 Å². The van der Waals surface area contributed by atoms with Gasteiger partial charge in [-0.2, -0.15) is 4.79 Å². The van der Waals surface area contributed by atoms with E-state index in [1.165, 1.54) is 0 Å². The predicted octanol–water partition coefficient (Wildman–Crippen LogP) is 1.07. The predicted molar refractivity (Wildman–Crippen MR) is 53.2 cm³/mol. The van der Waals surface area contributed by atoms with E-state index < -0.39 is 5.97 Å². The molecule has 1 aliphatic rings. The largest absolute Gasteiger partial charge is 0.456 e. The van der Waals surface area contributed by atoms with Crippen LogP contribution in [0.2, 0.25) is 0 Å². The Morgan fingerprint density at radius 2 is 2.13 bits per heavy atom. The van der Waals surface area contributed by atoms with Gasteiger partial charge < -0.3 is 10.3 Å². The lowest BCUT2D eigenvalue weighted by Crippen LogP contribution is -2.18. The summed E-state index contributed by atoms with van der Waals surface area (Å²) in [7, 11) is 0. The lowest BCUT2D eigenvalue weighted by atomic mass is 9.97. The molecule has 0 N–H and O–H groups in total. The van der Waals surface area contributed by atoms with E-state index in [0.29, 0.717) is 13.0 Å². The van der Waals surface area contributed by atoms with Crippen LogP contribution in [-0.2, 0) is 16.0 Å². The van der Waals surface area contributed by atoms with Gasteiger partial charge in [-0.1, -0.05) is 30.3 Å². The van der Waals surface area contributed by atoms with E-state index in [2.05, 4.69) is 4.79 Å². The Morgan fingerprint density at radius 3 is 2.80 bits per heavy atom. The Labute approximate surface area is 87.1 Å². The van der Waals surface area contributed by atoms with Gasteiger partial charge in [0, 0.05) is 0 Å². The average molecular weight is 202 g/mol. The van der Waals surface area contributed by atoms with Crippen LogP contribution in [0.1, 0.15) is 5.56 Å². The standard InChI is InChI=1S/C11H10N2O2/c12-13-10-9(7-15-11(10)14)6-8-4-2-1-3-5-8/h1-5,9H,6-7H2. The highest BCUT2D eigenvalue weighted by molar-refractivity contribution is 6.36. The van der Waals surface area contributed by atoms with Gasteiger partial charge in [0.15, 0.2) is 0 Å². The summed E-state index contributed by atoms with van der Waals surface area (Å²) in [5.74, 6) is -0.650. The highest BCUT2D eigenvalue weighted by Crippen LogP contribution is 2.16. The average Bonchev–Trinajstić information content (AvgIpc) is 2.61. The monoisotopic (exact) mass is 202 g/mol. The number of carbonyl (C=O) groups excluding carboxylic acids is 1. The van der Waals surface area contributed by atoms with E-state index in [0.717, 1.165) is 5.56 Å². The fourth-order valence-corrected chi connectivity index (χ4v) is 1.67. The van der Waals surface area contributed by atoms with Crippen LogP contribution in [0.25, 0.3) is 5.53 Å². The second kappa shape index (κ2) is 4.07. The Balaban J connectivity index is 2.14. The first-order valence-electron chi connectivity index (χ1n) is 4.74. The van der Waals surface area contributed by atoms with Crippen LogP contribution in [0.4, 0.5) is 0 Å². The quantitative estimate of drug-likeness (QED) is 0.409. The summed E-state index contributed by atoms with van der Waals surface area (Å²) in [5, 5.41) is 0. The number of hydrogen-bond acceptors (Lipinski definition) is 2. The van der Waals surface area contributed by atoms with Crippen LogP contribution in [0.5, 0.6) is 0 Å². The van der Waals surface area contributed by atoms with Crippen molar-refractivity contribution in [3.63, 3.8) is 0 Å². The number of cyclic esters (lactones) is 1. The molecule has 1 heterocycles. The van der Waals surface area contributed by atoms with Crippen molar-refractivity contribution < 1.29 is 14.3 Å². The fraction of sp³-hybridized carbons (Fsp3) is 0.273. The van der Waals surface area contributed by atoms with E-state index in [1.54, 1.807) is 0 Å². The number of ether oxygens (including phenoxy) is 1. The van der Waals surface area contributed by atoms with E-state index in [-0.39, 0.29) is 11.6 Å². The molecule has 0 amide bonds. The molecule has 0 aliphatic carbocycles. The van der Waals surface area contributed by atoms with Crippen LogP contribution in [-0.4, -0.2) is 23.1 Å². The summed E-state index contributed by atoms with van der Waals surface area (Å²) in [5.41, 5.74) is 9.89. The summed E-state index contributed by atoms with van der Waals surface area (Å²) in [4.78, 5) is 14.1. The molecule has 4 heteroatoms. The Hall–Kier alpha value is -1.93. The number of carbonyl (C=O) groups is 1. The van der Waals surface area contributed by atoms with Gasteiger partial charge >= 0.3 is 11.7 Å². The first kappa shape index (κ1) is 9.62. The van der Waals surface area contributed by atoms with Gasteiger partial charge in [-0.15, -0.1) is 0 Å². The molecule has 0 aromatic heterocycles. The Bertz CT molecular complexity index is 421. The van der Waals surface area contributed by atoms with Gasteiger partial charge in [0.05, 0.1) is 0 Å². The zero-order valence-corrected chi connectivity index (χ0v) is 8.09. The van der Waals surface area contributed by atoms with Crippen LogP contribution >= 0.6 is 0 Å². The van der Waals surface area contributed by atoms with E-state index >= 15 is 0 Å². The summed E-state index contributed by atoms with van der Waals surface area (Å²) in [6, 6.07) is 9.74. The molecular formula is C11H10N2O2. The minimum absolute atomic E-state index is 0.124. The third-order valence-corrected chi connectivity index (χ3v) is 2.44. The van der Waals surface area contributed by atoms with E-state index in [4.69, 9.17) is 10.3 Å². The molecule has 0 saturated carbocycles. The maximum absolute atomic E-state index is 11.1. The zero-order chi connectivity index (χ0) is 10.7. The van der Waals surface area contributed by atoms with Crippen molar-refractivity contribution in [2.24, 2.45) is 5.92 Å². The lowest BCUT2D eigenvalue weighted by molar-refractivity contribution is -0.136. The minimum Gasteiger partial charge on any atom is -0.456 e. The molecule has 76 valence electrons. The zero-order valence-electron chi connectivity index (χ0n) is 8.09. The van der Waals surface area contributed by atoms with Gasteiger partial charge in [-0.3, -0.25) is 0 Å². The molecular weight excluding hydrogens is 192 g/mol. The molecule has 4 nitrogen and oxygen atoms in total. The normalized spacial score (nSPS) is 19.9. The van der Waals surface area contributed by atoms with Crippen molar-refractivity contribution in [3.05, 3.63) is 41.4 Å². The summed E-state index contributed by atoms with van der Waals surface area (Å²) in [6.45, 7) is 0.299. The van der Waals surface area contributed by atoms with Crippen molar-refractivity contribution >= 4 is 11.7 Å². The van der Waals surface area contributed by atoms with Gasteiger partial charge in [0.1, 0.15) is 12.5 Å². The van der Waals surface area contributed by atoms with Crippen LogP contribution in [0.3, 0.4) is 0 Å². The van der Waals surface area contributed by atoms with E-state index in [9.17, 15) is 4.79 Å². The molecule has 1 unspecified atom stereocenters. The second-order valence-electron chi connectivity index (χ2n) is 3.47. The van der Waals surface area contributed by atoms with Gasteiger partial charge in [0.25, 0.3) is 0 Å². The molecule has 0 spiro atoms. The number of esters is 1. The first-order chi connectivity index (χ1) is 7.31. The smallest absolute Gasteiger partial charge is 0.417 e. The molecule has 1 aromatic carbocycles. The Kier molecular flexibility index (Phi) is 2.61. The van der Waals surface area contributed by atoms with Gasteiger partial charge in [-0.25, -0.2) is 4.79 Å². The molecule has 1 aliphatic heterocycles. The molecule has 1 aromatic rings. The van der Waals surface area contributed by atoms with Crippen molar-refractivity contribution in [2.75, 3.05) is 6.61 Å². The Morgan fingerprint density at radius 1 is 1.40 bits per heavy atom. The lowest BCUT2D eigenvalue weighted by Gasteiger charge is -2.01.